The maximum atomic E-state index is 12.0. The quantitative estimate of drug-likeness (QED) is 0.847. The molecule has 0 spiro atoms. The van der Waals surface area contributed by atoms with Gasteiger partial charge in [0.1, 0.15) is 0 Å². The Labute approximate surface area is 124 Å². The molecule has 2 aromatic rings. The zero-order valence-corrected chi connectivity index (χ0v) is 12.2. The van der Waals surface area contributed by atoms with E-state index in [4.69, 9.17) is 0 Å². The minimum Gasteiger partial charge on any atom is -0.478 e. The topological polar surface area (TPSA) is 54.4 Å². The van der Waals surface area contributed by atoms with Crippen LogP contribution in [0, 0.1) is 6.92 Å². The molecule has 0 unspecified atom stereocenters. The summed E-state index contributed by atoms with van der Waals surface area (Å²) in [5.41, 5.74) is 3.54. The van der Waals surface area contributed by atoms with Crippen molar-refractivity contribution in [2.75, 3.05) is 0 Å². The van der Waals surface area contributed by atoms with Gasteiger partial charge >= 0.3 is 5.97 Å². The van der Waals surface area contributed by atoms with Crippen LogP contribution < -0.4 is 0 Å². The van der Waals surface area contributed by atoms with Crippen molar-refractivity contribution in [2.24, 2.45) is 0 Å². The number of carbonyl (C=O) groups excluding carboxylic acids is 1. The fourth-order valence-corrected chi connectivity index (χ4v) is 2.38. The van der Waals surface area contributed by atoms with E-state index in [2.05, 4.69) is 0 Å². The van der Waals surface area contributed by atoms with Crippen molar-refractivity contribution in [3.05, 3.63) is 70.3 Å². The number of carboxylic acids is 1. The van der Waals surface area contributed by atoms with Crippen LogP contribution in [0.4, 0.5) is 0 Å². The van der Waals surface area contributed by atoms with Crippen LogP contribution in [0.2, 0.25) is 0 Å². The SMILES string of the molecule is CCC(=O)c1cc(C(=O)O)cc(Cc2ccccc2)c1C. The summed E-state index contributed by atoms with van der Waals surface area (Å²) in [6, 6.07) is 13.0. The molecule has 0 radical (unpaired) electrons. The second-order valence-corrected chi connectivity index (χ2v) is 5.05. The predicted octanol–water partition coefficient (Wildman–Crippen LogP) is 3.88. The number of ketones is 1. The number of rotatable bonds is 5. The van der Waals surface area contributed by atoms with Gasteiger partial charge in [0, 0.05) is 12.0 Å². The van der Waals surface area contributed by atoms with Crippen LogP contribution in [0.15, 0.2) is 42.5 Å². The Balaban J connectivity index is 2.51. The van der Waals surface area contributed by atoms with Crippen molar-refractivity contribution in [3.63, 3.8) is 0 Å². The molecule has 3 heteroatoms. The van der Waals surface area contributed by atoms with Crippen LogP contribution in [-0.2, 0) is 6.42 Å². The van der Waals surface area contributed by atoms with Crippen LogP contribution >= 0.6 is 0 Å². The smallest absolute Gasteiger partial charge is 0.335 e. The summed E-state index contributed by atoms with van der Waals surface area (Å²) in [6.07, 6.45) is 0.993. The fourth-order valence-electron chi connectivity index (χ4n) is 2.38. The van der Waals surface area contributed by atoms with E-state index in [1.165, 1.54) is 6.07 Å². The molecule has 3 nitrogen and oxygen atoms in total. The van der Waals surface area contributed by atoms with E-state index in [0.29, 0.717) is 18.4 Å². The van der Waals surface area contributed by atoms with E-state index in [1.54, 1.807) is 13.0 Å². The Bertz CT molecular complexity index is 672. The number of benzene rings is 2. The monoisotopic (exact) mass is 282 g/mol. The van der Waals surface area contributed by atoms with Crippen molar-refractivity contribution in [3.8, 4) is 0 Å². The van der Waals surface area contributed by atoms with Crippen LogP contribution in [0.1, 0.15) is 50.8 Å². The molecule has 2 rings (SSSR count). The van der Waals surface area contributed by atoms with E-state index in [-0.39, 0.29) is 11.3 Å². The first-order valence-electron chi connectivity index (χ1n) is 6.97. The zero-order valence-electron chi connectivity index (χ0n) is 12.2. The zero-order chi connectivity index (χ0) is 15.4. The maximum absolute atomic E-state index is 12.0. The number of hydrogen-bond acceptors (Lipinski definition) is 2. The third-order valence-corrected chi connectivity index (χ3v) is 3.62. The Morgan fingerprint density at radius 1 is 1.10 bits per heavy atom. The molecule has 0 saturated heterocycles. The summed E-state index contributed by atoms with van der Waals surface area (Å²) in [6.45, 7) is 3.67. The number of aromatic carboxylic acids is 1. The van der Waals surface area contributed by atoms with Gasteiger partial charge in [-0.2, -0.15) is 0 Å². The number of hydrogen-bond donors (Lipinski definition) is 1. The highest BCUT2D eigenvalue weighted by Gasteiger charge is 2.15. The highest BCUT2D eigenvalue weighted by Crippen LogP contribution is 2.22. The third kappa shape index (κ3) is 3.37. The summed E-state index contributed by atoms with van der Waals surface area (Å²) in [5.74, 6) is -1.03. The van der Waals surface area contributed by atoms with Crippen LogP contribution in [0.3, 0.4) is 0 Å². The summed E-state index contributed by atoms with van der Waals surface area (Å²) >= 11 is 0. The summed E-state index contributed by atoms with van der Waals surface area (Å²) in [7, 11) is 0. The van der Waals surface area contributed by atoms with Gasteiger partial charge in [-0.25, -0.2) is 4.79 Å². The van der Waals surface area contributed by atoms with Gasteiger partial charge < -0.3 is 5.11 Å². The molecule has 2 aromatic carbocycles. The van der Waals surface area contributed by atoms with E-state index in [1.807, 2.05) is 37.3 Å². The molecule has 108 valence electrons. The van der Waals surface area contributed by atoms with Crippen molar-refractivity contribution < 1.29 is 14.7 Å². The molecule has 0 aliphatic heterocycles. The molecule has 21 heavy (non-hydrogen) atoms. The van der Waals surface area contributed by atoms with Gasteiger partial charge in [-0.1, -0.05) is 37.3 Å². The lowest BCUT2D eigenvalue weighted by Gasteiger charge is -2.12. The minimum absolute atomic E-state index is 0.0232. The minimum atomic E-state index is -1.01. The first kappa shape index (κ1) is 15.0. The van der Waals surface area contributed by atoms with Crippen LogP contribution in [0.5, 0.6) is 0 Å². The predicted molar refractivity (Wildman–Crippen MR) is 82.0 cm³/mol. The van der Waals surface area contributed by atoms with Crippen molar-refractivity contribution in [2.45, 2.75) is 26.7 Å². The number of Topliss-reactive ketones (excluding diaryl/α,β-unsaturated/α-hetero) is 1. The third-order valence-electron chi connectivity index (χ3n) is 3.62. The average molecular weight is 282 g/mol. The largest absolute Gasteiger partial charge is 0.478 e. The second kappa shape index (κ2) is 6.35. The molecule has 0 bridgehead atoms. The van der Waals surface area contributed by atoms with Gasteiger partial charge in [0.15, 0.2) is 5.78 Å². The molecule has 0 amide bonds. The maximum Gasteiger partial charge on any atom is 0.335 e. The Kier molecular flexibility index (Phi) is 4.53. The molecule has 0 atom stereocenters. The van der Waals surface area contributed by atoms with E-state index >= 15 is 0 Å². The Morgan fingerprint density at radius 3 is 2.33 bits per heavy atom. The highest BCUT2D eigenvalue weighted by atomic mass is 16.4. The van der Waals surface area contributed by atoms with E-state index < -0.39 is 5.97 Å². The summed E-state index contributed by atoms with van der Waals surface area (Å²) in [5, 5.41) is 9.23. The van der Waals surface area contributed by atoms with Crippen molar-refractivity contribution in [1.29, 1.82) is 0 Å². The van der Waals surface area contributed by atoms with Gasteiger partial charge in [0.25, 0.3) is 0 Å². The molecule has 0 fully saturated rings. The molecule has 0 aliphatic rings. The fraction of sp³-hybridized carbons (Fsp3) is 0.222. The standard InChI is InChI=1S/C18H18O3/c1-3-17(19)16-11-15(18(20)21)10-14(12(16)2)9-13-7-5-4-6-8-13/h4-8,10-11H,3,9H2,1-2H3,(H,20,21). The van der Waals surface area contributed by atoms with Crippen molar-refractivity contribution >= 4 is 11.8 Å². The highest BCUT2D eigenvalue weighted by molar-refractivity contribution is 6.00. The molecule has 0 heterocycles. The lowest BCUT2D eigenvalue weighted by Crippen LogP contribution is -2.08. The second-order valence-electron chi connectivity index (χ2n) is 5.05. The van der Waals surface area contributed by atoms with E-state index in [9.17, 15) is 14.7 Å². The van der Waals surface area contributed by atoms with Gasteiger partial charge in [0.2, 0.25) is 0 Å². The normalized spacial score (nSPS) is 10.4. The van der Waals surface area contributed by atoms with Crippen molar-refractivity contribution in [1.82, 2.24) is 0 Å². The van der Waals surface area contributed by atoms with Gasteiger partial charge in [0.05, 0.1) is 5.56 Å². The Hall–Kier alpha value is -2.42. The average Bonchev–Trinajstić information content (AvgIpc) is 2.49. The summed E-state index contributed by atoms with van der Waals surface area (Å²) < 4.78 is 0. The lowest BCUT2D eigenvalue weighted by atomic mass is 9.92. The van der Waals surface area contributed by atoms with Crippen LogP contribution in [-0.4, -0.2) is 16.9 Å². The molecule has 1 N–H and O–H groups in total. The number of carbonyl (C=O) groups is 2. The summed E-state index contributed by atoms with van der Waals surface area (Å²) in [4.78, 5) is 23.3. The molecule has 0 saturated carbocycles. The van der Waals surface area contributed by atoms with Crippen LogP contribution in [0.25, 0.3) is 0 Å². The first-order chi connectivity index (χ1) is 10.0. The van der Waals surface area contributed by atoms with Gasteiger partial charge in [-0.3, -0.25) is 4.79 Å². The van der Waals surface area contributed by atoms with E-state index in [0.717, 1.165) is 16.7 Å². The molecular weight excluding hydrogens is 264 g/mol. The molecular formula is C18H18O3. The van der Waals surface area contributed by atoms with Gasteiger partial charge in [-0.15, -0.1) is 0 Å². The van der Waals surface area contributed by atoms with Gasteiger partial charge in [-0.05, 0) is 42.2 Å². The molecule has 0 aromatic heterocycles. The first-order valence-corrected chi connectivity index (χ1v) is 6.97. The Morgan fingerprint density at radius 2 is 1.76 bits per heavy atom. The number of carboxylic acid groups (broad SMARTS) is 1. The lowest BCUT2D eigenvalue weighted by molar-refractivity contribution is 0.0696. The molecule has 0 aliphatic carbocycles.